The quantitative estimate of drug-likeness (QED) is 0.385. The van der Waals surface area contributed by atoms with E-state index in [1.54, 1.807) is 19.3 Å². The number of rotatable bonds is 2. The van der Waals surface area contributed by atoms with Gasteiger partial charge in [-0.25, -0.2) is 0 Å². The SMILES string of the molecule is C/C(=N/O)c1cnc(-c2cc3c4c(ccc3[nH]2)[C@H](N)CC4)cn1. The molecule has 1 aromatic carbocycles. The Morgan fingerprint density at radius 3 is 2.96 bits per heavy atom. The molecule has 4 N–H and O–H groups in total. The van der Waals surface area contributed by atoms with E-state index < -0.39 is 0 Å². The summed E-state index contributed by atoms with van der Waals surface area (Å²) in [7, 11) is 0. The molecule has 0 spiro atoms. The predicted octanol–water partition coefficient (Wildman–Crippen LogP) is 2.77. The summed E-state index contributed by atoms with van der Waals surface area (Å²) in [5.74, 6) is 0. The van der Waals surface area contributed by atoms with E-state index in [1.807, 2.05) is 0 Å². The van der Waals surface area contributed by atoms with Gasteiger partial charge in [0.2, 0.25) is 0 Å². The monoisotopic (exact) mass is 307 g/mol. The lowest BCUT2D eigenvalue weighted by Gasteiger charge is -2.04. The standard InChI is InChI=1S/C17H17N5O/c1-9(22-23)16-7-20-17(8-19-16)15-6-12-10-2-4-13(18)11(10)3-5-14(12)21-15/h3,5-8,13,21,23H,2,4,18H2,1H3/b22-9-/t13-/m1/s1. The Balaban J connectivity index is 1.78. The second kappa shape index (κ2) is 5.17. The highest BCUT2D eigenvalue weighted by molar-refractivity contribution is 5.96. The Morgan fingerprint density at radius 1 is 1.35 bits per heavy atom. The number of H-pyrrole nitrogens is 1. The minimum atomic E-state index is 0.146. The van der Waals surface area contributed by atoms with Gasteiger partial charge in [-0.3, -0.25) is 9.97 Å². The molecule has 2 aromatic heterocycles. The lowest BCUT2D eigenvalue weighted by molar-refractivity contribution is 0.319. The second-order valence-corrected chi connectivity index (χ2v) is 5.90. The summed E-state index contributed by atoms with van der Waals surface area (Å²) < 4.78 is 0. The second-order valence-electron chi connectivity index (χ2n) is 5.90. The third-order valence-corrected chi connectivity index (χ3v) is 4.50. The maximum atomic E-state index is 8.78. The molecular weight excluding hydrogens is 290 g/mol. The minimum absolute atomic E-state index is 0.146. The van der Waals surface area contributed by atoms with Crippen LogP contribution in [-0.4, -0.2) is 25.9 Å². The van der Waals surface area contributed by atoms with E-state index in [0.717, 1.165) is 29.7 Å². The molecule has 0 fully saturated rings. The van der Waals surface area contributed by atoms with Crippen molar-refractivity contribution in [2.75, 3.05) is 0 Å². The molecule has 0 unspecified atom stereocenters. The van der Waals surface area contributed by atoms with Crippen molar-refractivity contribution >= 4 is 16.6 Å². The largest absolute Gasteiger partial charge is 0.411 e. The van der Waals surface area contributed by atoms with Crippen LogP contribution < -0.4 is 5.73 Å². The molecule has 0 saturated heterocycles. The molecule has 1 aliphatic carbocycles. The number of aromatic nitrogens is 3. The lowest BCUT2D eigenvalue weighted by atomic mass is 10.0. The first-order chi connectivity index (χ1) is 11.2. The molecule has 0 amide bonds. The molecule has 6 nitrogen and oxygen atoms in total. The summed E-state index contributed by atoms with van der Waals surface area (Å²) in [6.45, 7) is 1.68. The average Bonchev–Trinajstić information content (AvgIpc) is 3.18. The van der Waals surface area contributed by atoms with Crippen molar-refractivity contribution in [2.45, 2.75) is 25.8 Å². The highest BCUT2D eigenvalue weighted by atomic mass is 16.4. The number of fused-ring (bicyclic) bond motifs is 3. The summed E-state index contributed by atoms with van der Waals surface area (Å²) in [4.78, 5) is 12.1. The van der Waals surface area contributed by atoms with Crippen LogP contribution in [0, 0.1) is 0 Å². The molecule has 0 bridgehead atoms. The van der Waals surface area contributed by atoms with Crippen molar-refractivity contribution in [3.63, 3.8) is 0 Å². The number of aromatic amines is 1. The van der Waals surface area contributed by atoms with E-state index in [0.29, 0.717) is 11.4 Å². The molecule has 0 radical (unpaired) electrons. The minimum Gasteiger partial charge on any atom is -0.411 e. The van der Waals surface area contributed by atoms with Gasteiger partial charge in [-0.2, -0.15) is 0 Å². The van der Waals surface area contributed by atoms with Crippen LogP contribution in [0.25, 0.3) is 22.3 Å². The summed E-state index contributed by atoms with van der Waals surface area (Å²) >= 11 is 0. The Labute approximate surface area is 133 Å². The summed E-state index contributed by atoms with van der Waals surface area (Å²) in [6, 6.07) is 6.45. The maximum absolute atomic E-state index is 8.78. The van der Waals surface area contributed by atoms with Gasteiger partial charge in [0.05, 0.1) is 18.1 Å². The van der Waals surface area contributed by atoms with Crippen molar-refractivity contribution in [1.29, 1.82) is 0 Å². The highest BCUT2D eigenvalue weighted by Crippen LogP contribution is 2.36. The molecule has 1 atom stereocenters. The zero-order valence-electron chi connectivity index (χ0n) is 12.7. The van der Waals surface area contributed by atoms with Crippen molar-refractivity contribution < 1.29 is 5.21 Å². The van der Waals surface area contributed by atoms with Crippen LogP contribution in [0.4, 0.5) is 0 Å². The average molecular weight is 307 g/mol. The van der Waals surface area contributed by atoms with Crippen molar-refractivity contribution in [1.82, 2.24) is 15.0 Å². The molecule has 6 heteroatoms. The first kappa shape index (κ1) is 13.9. The smallest absolute Gasteiger partial charge is 0.106 e. The highest BCUT2D eigenvalue weighted by Gasteiger charge is 2.22. The lowest BCUT2D eigenvalue weighted by Crippen LogP contribution is -2.04. The molecule has 0 saturated carbocycles. The van der Waals surface area contributed by atoms with Crippen LogP contribution in [0.5, 0.6) is 0 Å². The number of oxime groups is 1. The van der Waals surface area contributed by atoms with Crippen LogP contribution >= 0.6 is 0 Å². The molecule has 4 rings (SSSR count). The van der Waals surface area contributed by atoms with Gasteiger partial charge < -0.3 is 15.9 Å². The Morgan fingerprint density at radius 2 is 2.22 bits per heavy atom. The van der Waals surface area contributed by atoms with Gasteiger partial charge in [0.1, 0.15) is 17.1 Å². The molecule has 0 aliphatic heterocycles. The number of nitrogens with two attached hydrogens (primary N) is 1. The first-order valence-corrected chi connectivity index (χ1v) is 7.59. The molecule has 2 heterocycles. The van der Waals surface area contributed by atoms with E-state index in [-0.39, 0.29) is 6.04 Å². The predicted molar refractivity (Wildman–Crippen MR) is 88.6 cm³/mol. The fourth-order valence-corrected chi connectivity index (χ4v) is 3.21. The third-order valence-electron chi connectivity index (χ3n) is 4.50. The first-order valence-electron chi connectivity index (χ1n) is 7.59. The number of benzene rings is 1. The fourth-order valence-electron chi connectivity index (χ4n) is 3.21. The van der Waals surface area contributed by atoms with Crippen LogP contribution in [0.1, 0.15) is 36.2 Å². The van der Waals surface area contributed by atoms with Gasteiger partial charge >= 0.3 is 0 Å². The van der Waals surface area contributed by atoms with Crippen LogP contribution in [0.2, 0.25) is 0 Å². The van der Waals surface area contributed by atoms with E-state index in [9.17, 15) is 0 Å². The molecular formula is C17H17N5O. The van der Waals surface area contributed by atoms with Crippen molar-refractivity contribution in [2.24, 2.45) is 10.9 Å². The van der Waals surface area contributed by atoms with Gasteiger partial charge in [0.15, 0.2) is 0 Å². The number of nitrogens with zero attached hydrogens (tertiary/aromatic N) is 3. The van der Waals surface area contributed by atoms with Gasteiger partial charge in [-0.1, -0.05) is 11.2 Å². The van der Waals surface area contributed by atoms with Crippen molar-refractivity contribution in [3.05, 3.63) is 47.4 Å². The third kappa shape index (κ3) is 2.19. The number of nitrogens with one attached hydrogen (secondary N) is 1. The van der Waals surface area contributed by atoms with E-state index in [4.69, 9.17) is 10.9 Å². The molecule has 1 aliphatic rings. The summed E-state index contributed by atoms with van der Waals surface area (Å²) in [5.41, 5.74) is 12.5. The van der Waals surface area contributed by atoms with E-state index >= 15 is 0 Å². The molecule has 116 valence electrons. The van der Waals surface area contributed by atoms with Gasteiger partial charge in [0, 0.05) is 16.9 Å². The zero-order chi connectivity index (χ0) is 16.0. The van der Waals surface area contributed by atoms with E-state index in [2.05, 4.69) is 38.3 Å². The molecule has 23 heavy (non-hydrogen) atoms. The summed E-state index contributed by atoms with van der Waals surface area (Å²) in [6.07, 6.45) is 5.31. The zero-order valence-corrected chi connectivity index (χ0v) is 12.7. The van der Waals surface area contributed by atoms with E-state index in [1.165, 1.54) is 16.5 Å². The van der Waals surface area contributed by atoms with Gasteiger partial charge in [-0.15, -0.1) is 0 Å². The topological polar surface area (TPSA) is 100 Å². The Kier molecular flexibility index (Phi) is 3.12. The Hall–Kier alpha value is -2.73. The summed E-state index contributed by atoms with van der Waals surface area (Å²) in [5, 5.41) is 13.1. The van der Waals surface area contributed by atoms with Crippen molar-refractivity contribution in [3.8, 4) is 11.4 Å². The van der Waals surface area contributed by atoms with Crippen LogP contribution in [-0.2, 0) is 6.42 Å². The van der Waals surface area contributed by atoms with Gasteiger partial charge in [-0.05, 0) is 43.0 Å². The molecule has 3 aromatic rings. The fraction of sp³-hybridized carbons (Fsp3) is 0.235. The van der Waals surface area contributed by atoms with Crippen LogP contribution in [0.3, 0.4) is 0 Å². The maximum Gasteiger partial charge on any atom is 0.106 e. The normalized spacial score (nSPS) is 17.7. The number of aryl methyl sites for hydroxylation is 1. The number of hydrogen-bond acceptors (Lipinski definition) is 5. The van der Waals surface area contributed by atoms with Gasteiger partial charge in [0.25, 0.3) is 0 Å². The Bertz CT molecular complexity index is 911. The van der Waals surface area contributed by atoms with Crippen LogP contribution in [0.15, 0.2) is 35.7 Å². The number of hydrogen-bond donors (Lipinski definition) is 3.